The van der Waals surface area contributed by atoms with E-state index in [9.17, 15) is 0 Å². The summed E-state index contributed by atoms with van der Waals surface area (Å²) in [6.07, 6.45) is 2.03. The van der Waals surface area contributed by atoms with Gasteiger partial charge in [-0.05, 0) is 32.9 Å². The molecule has 1 heterocycles. The molecule has 0 radical (unpaired) electrons. The number of aromatic nitrogens is 2. The molecular weight excluding hydrogens is 358 g/mol. The predicted molar refractivity (Wildman–Crippen MR) is 124 cm³/mol. The fourth-order valence-corrected chi connectivity index (χ4v) is 2.14. The molecule has 0 aliphatic rings. The summed E-state index contributed by atoms with van der Waals surface area (Å²) in [5.74, 6) is 1.35. The molecule has 3 aromatic rings. The first-order valence-corrected chi connectivity index (χ1v) is 10.2. The van der Waals surface area contributed by atoms with Crippen molar-refractivity contribution in [3.05, 3.63) is 77.7 Å². The molecule has 0 bridgehead atoms. The maximum absolute atomic E-state index is 5.04. The van der Waals surface area contributed by atoms with Crippen molar-refractivity contribution in [2.75, 3.05) is 11.9 Å². The molecule has 29 heavy (non-hydrogen) atoms. The van der Waals surface area contributed by atoms with Crippen LogP contribution in [0, 0.1) is 13.8 Å². The Morgan fingerprint density at radius 3 is 1.90 bits per heavy atom. The standard InChI is InChI=1S/C11H12N2O.C11H15N.C3H8/c1-3-10-12-11(13-14-10)9-6-4-8(2)5-7-9;1-9(2)8-12-11-6-4-10(3)5-7-11;1-3-2/h4-7H,3H2,1-2H3;4-7,12H,1,8H2,2-3H3;3H2,1-2H3. The molecule has 4 heteroatoms. The fourth-order valence-electron chi connectivity index (χ4n) is 2.14. The highest BCUT2D eigenvalue weighted by molar-refractivity contribution is 5.54. The van der Waals surface area contributed by atoms with Crippen molar-refractivity contribution >= 4 is 5.69 Å². The van der Waals surface area contributed by atoms with Crippen LogP contribution < -0.4 is 5.32 Å². The van der Waals surface area contributed by atoms with E-state index in [1.54, 1.807) is 0 Å². The van der Waals surface area contributed by atoms with Gasteiger partial charge in [0.2, 0.25) is 11.7 Å². The number of aryl methyl sites for hydroxylation is 3. The van der Waals surface area contributed by atoms with E-state index >= 15 is 0 Å². The van der Waals surface area contributed by atoms with Crippen LogP contribution in [-0.4, -0.2) is 16.7 Å². The molecule has 0 saturated heterocycles. The lowest BCUT2D eigenvalue weighted by Crippen LogP contribution is -2.01. The predicted octanol–water partition coefficient (Wildman–Crippen LogP) is 7.01. The highest BCUT2D eigenvalue weighted by atomic mass is 16.5. The molecule has 1 aromatic heterocycles. The Balaban J connectivity index is 0.000000259. The molecule has 0 atom stereocenters. The highest BCUT2D eigenvalue weighted by Crippen LogP contribution is 2.16. The summed E-state index contributed by atoms with van der Waals surface area (Å²) in [5.41, 5.74) is 5.82. The van der Waals surface area contributed by atoms with E-state index in [-0.39, 0.29) is 0 Å². The Kier molecular flexibility index (Phi) is 11.1. The van der Waals surface area contributed by atoms with Crippen LogP contribution in [0.4, 0.5) is 5.69 Å². The molecule has 0 aliphatic carbocycles. The second-order valence-corrected chi connectivity index (χ2v) is 7.12. The van der Waals surface area contributed by atoms with Crippen molar-refractivity contribution in [3.63, 3.8) is 0 Å². The third-order valence-electron chi connectivity index (χ3n) is 3.73. The van der Waals surface area contributed by atoms with E-state index < -0.39 is 0 Å². The number of hydrogen-bond acceptors (Lipinski definition) is 4. The third kappa shape index (κ3) is 9.74. The minimum absolute atomic E-state index is 0.668. The molecule has 156 valence electrons. The molecular formula is C25H35N3O. The Hall–Kier alpha value is -2.88. The number of nitrogens with one attached hydrogen (secondary N) is 1. The van der Waals surface area contributed by atoms with Crippen LogP contribution >= 0.6 is 0 Å². The molecule has 0 unspecified atom stereocenters. The van der Waals surface area contributed by atoms with Gasteiger partial charge in [0.25, 0.3) is 0 Å². The minimum atomic E-state index is 0.668. The average molecular weight is 394 g/mol. The summed E-state index contributed by atoms with van der Waals surface area (Å²) in [6, 6.07) is 16.4. The molecule has 1 N–H and O–H groups in total. The first kappa shape index (κ1) is 24.2. The zero-order valence-electron chi connectivity index (χ0n) is 18.7. The smallest absolute Gasteiger partial charge is 0.226 e. The summed E-state index contributed by atoms with van der Waals surface area (Å²) < 4.78 is 5.04. The van der Waals surface area contributed by atoms with Gasteiger partial charge in [-0.2, -0.15) is 4.98 Å². The van der Waals surface area contributed by atoms with Crippen LogP contribution in [0.5, 0.6) is 0 Å². The van der Waals surface area contributed by atoms with Gasteiger partial charge >= 0.3 is 0 Å². The molecule has 0 spiro atoms. The van der Waals surface area contributed by atoms with Gasteiger partial charge in [0.05, 0.1) is 0 Å². The number of rotatable bonds is 5. The second-order valence-electron chi connectivity index (χ2n) is 7.12. The van der Waals surface area contributed by atoms with E-state index in [1.165, 1.54) is 17.5 Å². The summed E-state index contributed by atoms with van der Waals surface area (Å²) in [4.78, 5) is 4.25. The first-order chi connectivity index (χ1) is 13.9. The molecule has 0 fully saturated rings. The van der Waals surface area contributed by atoms with Crippen LogP contribution in [0.25, 0.3) is 11.4 Å². The number of anilines is 1. The van der Waals surface area contributed by atoms with Crippen molar-refractivity contribution in [3.8, 4) is 11.4 Å². The maximum Gasteiger partial charge on any atom is 0.226 e. The third-order valence-corrected chi connectivity index (χ3v) is 3.73. The number of hydrogen-bond donors (Lipinski definition) is 1. The summed E-state index contributed by atoms with van der Waals surface area (Å²) >= 11 is 0. The van der Waals surface area contributed by atoms with Crippen molar-refractivity contribution in [2.24, 2.45) is 0 Å². The lowest BCUT2D eigenvalue weighted by Gasteiger charge is -2.05. The van der Waals surface area contributed by atoms with Crippen molar-refractivity contribution in [2.45, 2.75) is 54.4 Å². The van der Waals surface area contributed by atoms with Gasteiger partial charge in [-0.25, -0.2) is 0 Å². The van der Waals surface area contributed by atoms with Crippen LogP contribution in [-0.2, 0) is 6.42 Å². The first-order valence-electron chi connectivity index (χ1n) is 10.2. The highest BCUT2D eigenvalue weighted by Gasteiger charge is 2.05. The Labute approximate surface area is 176 Å². The van der Waals surface area contributed by atoms with E-state index in [1.807, 2.05) is 38.1 Å². The summed E-state index contributed by atoms with van der Waals surface area (Å²) in [5, 5.41) is 7.17. The quantitative estimate of drug-likeness (QED) is 0.474. The molecule has 4 nitrogen and oxygen atoms in total. The normalized spacial score (nSPS) is 9.59. The van der Waals surface area contributed by atoms with Crippen molar-refractivity contribution in [1.82, 2.24) is 10.1 Å². The van der Waals surface area contributed by atoms with Crippen LogP contribution in [0.1, 0.15) is 51.1 Å². The average Bonchev–Trinajstić information content (AvgIpc) is 3.18. The van der Waals surface area contributed by atoms with Gasteiger partial charge < -0.3 is 9.84 Å². The van der Waals surface area contributed by atoms with Crippen molar-refractivity contribution < 1.29 is 4.52 Å². The minimum Gasteiger partial charge on any atom is -0.381 e. The van der Waals surface area contributed by atoms with Crippen molar-refractivity contribution in [1.29, 1.82) is 0 Å². The van der Waals surface area contributed by atoms with Gasteiger partial charge in [0.15, 0.2) is 0 Å². The van der Waals surface area contributed by atoms with E-state index in [2.05, 4.69) is 74.0 Å². The number of nitrogens with zero attached hydrogens (tertiary/aromatic N) is 2. The van der Waals surface area contributed by atoms with Gasteiger partial charge in [-0.1, -0.05) is 92.0 Å². The maximum atomic E-state index is 5.04. The Bertz CT molecular complexity index is 833. The molecule has 3 rings (SSSR count). The van der Waals surface area contributed by atoms with E-state index in [4.69, 9.17) is 4.52 Å². The topological polar surface area (TPSA) is 51.0 Å². The number of benzene rings is 2. The summed E-state index contributed by atoms with van der Waals surface area (Å²) in [6.45, 7) is 17.1. The van der Waals surface area contributed by atoms with Crippen LogP contribution in [0.3, 0.4) is 0 Å². The zero-order valence-corrected chi connectivity index (χ0v) is 18.7. The molecule has 0 aliphatic heterocycles. The van der Waals surface area contributed by atoms with Gasteiger partial charge in [-0.3, -0.25) is 0 Å². The SMILES string of the molecule is C=C(C)CNc1ccc(C)cc1.CCC.CCc1nc(-c2ccc(C)cc2)no1. The fraction of sp³-hybridized carbons (Fsp3) is 0.360. The van der Waals surface area contributed by atoms with E-state index in [0.717, 1.165) is 29.8 Å². The van der Waals surface area contributed by atoms with E-state index in [0.29, 0.717) is 11.7 Å². The monoisotopic (exact) mass is 393 g/mol. The largest absolute Gasteiger partial charge is 0.381 e. The molecule has 2 aromatic carbocycles. The van der Waals surface area contributed by atoms with Crippen LogP contribution in [0.15, 0.2) is 65.2 Å². The van der Waals surface area contributed by atoms with Gasteiger partial charge in [0, 0.05) is 24.2 Å². The Morgan fingerprint density at radius 1 is 0.931 bits per heavy atom. The van der Waals surface area contributed by atoms with Gasteiger partial charge in [-0.15, -0.1) is 0 Å². The molecule has 0 amide bonds. The zero-order chi connectivity index (χ0) is 21.6. The lowest BCUT2D eigenvalue weighted by atomic mass is 10.1. The Morgan fingerprint density at radius 2 is 1.45 bits per heavy atom. The summed E-state index contributed by atoms with van der Waals surface area (Å²) in [7, 11) is 0. The second kappa shape index (κ2) is 13.3. The van der Waals surface area contributed by atoms with Gasteiger partial charge in [0.1, 0.15) is 0 Å². The van der Waals surface area contributed by atoms with Crippen LogP contribution in [0.2, 0.25) is 0 Å². The lowest BCUT2D eigenvalue weighted by molar-refractivity contribution is 0.383. The molecule has 0 saturated carbocycles.